The summed E-state index contributed by atoms with van der Waals surface area (Å²) >= 11 is 0.146. The molecule has 0 fully saturated rings. The molecule has 0 radical (unpaired) electrons. The van der Waals surface area contributed by atoms with Crippen molar-refractivity contribution in [2.75, 3.05) is 5.32 Å². The zero-order chi connectivity index (χ0) is 15.5. The van der Waals surface area contributed by atoms with E-state index in [-0.39, 0.29) is 20.2 Å². The number of nitrogens with one attached hydrogen (secondary N) is 1. The van der Waals surface area contributed by atoms with E-state index in [9.17, 15) is 10.1 Å². The van der Waals surface area contributed by atoms with Crippen LogP contribution >= 0.6 is 0 Å². The number of rotatable bonds is 4. The Labute approximate surface area is 133 Å². The molecule has 22 heavy (non-hydrogen) atoms. The molecule has 0 saturated carbocycles. The number of nitro benzene ring substituents is 1. The number of nitro groups is 1. The maximum absolute atomic E-state index is 10.7. The first kappa shape index (κ1) is 14.5. The minimum atomic E-state index is -0.403. The van der Waals surface area contributed by atoms with E-state index in [0.29, 0.717) is 0 Å². The van der Waals surface area contributed by atoms with Crippen LogP contribution in [0.4, 0.5) is 16.1 Å². The van der Waals surface area contributed by atoms with Gasteiger partial charge in [-0.1, -0.05) is 0 Å². The van der Waals surface area contributed by atoms with Crippen molar-refractivity contribution in [3.63, 3.8) is 0 Å². The summed E-state index contributed by atoms with van der Waals surface area (Å²) in [5.41, 5.74) is 3.03. The molecule has 1 heterocycles. The zero-order valence-electron chi connectivity index (χ0n) is 11.8. The van der Waals surface area contributed by atoms with Crippen LogP contribution in [0.2, 0.25) is 0 Å². The van der Waals surface area contributed by atoms with Gasteiger partial charge in [-0.25, -0.2) is 0 Å². The number of hydrogen-bond acceptors (Lipinski definition) is 4. The van der Waals surface area contributed by atoms with Gasteiger partial charge in [-0.2, -0.15) is 0 Å². The molecule has 3 rings (SSSR count). The molecule has 0 atom stereocenters. The third-order valence-corrected chi connectivity index (χ3v) is 5.03. The van der Waals surface area contributed by atoms with E-state index >= 15 is 0 Å². The first-order valence-corrected chi connectivity index (χ1v) is 8.39. The van der Waals surface area contributed by atoms with Crippen LogP contribution in [0.25, 0.3) is 11.3 Å². The summed E-state index contributed by atoms with van der Waals surface area (Å²) in [6.45, 7) is 2.09. The molecule has 0 unspecified atom stereocenters. The normalized spacial score (nSPS) is 10.4. The van der Waals surface area contributed by atoms with Crippen molar-refractivity contribution in [3.05, 3.63) is 69.1 Å². The molecule has 0 saturated heterocycles. The Morgan fingerprint density at radius 2 is 1.77 bits per heavy atom. The molecule has 0 spiro atoms. The monoisotopic (exact) mass is 359 g/mol. The number of hydrogen-bond donors (Lipinski definition) is 1. The summed E-state index contributed by atoms with van der Waals surface area (Å²) in [4.78, 5) is 14.9. The summed E-state index contributed by atoms with van der Waals surface area (Å²) in [5, 5.41) is 13.9. The van der Waals surface area contributed by atoms with Gasteiger partial charge < -0.3 is 0 Å². The second-order valence-corrected chi connectivity index (χ2v) is 7.24. The number of nitrogens with zero attached hydrogens (tertiary/aromatic N) is 2. The van der Waals surface area contributed by atoms with Crippen LogP contribution in [-0.4, -0.2) is 24.4 Å². The number of aryl methyl sites for hydroxylation is 1. The van der Waals surface area contributed by atoms with Crippen molar-refractivity contribution in [3.8, 4) is 11.3 Å². The summed E-state index contributed by atoms with van der Waals surface area (Å²) in [7, 11) is 0. The average Bonchev–Trinajstić information content (AvgIpc) is 2.89. The number of anilines is 2. The zero-order valence-corrected chi connectivity index (χ0v) is 13.5. The second-order valence-electron chi connectivity index (χ2n) is 4.72. The molecule has 2 aromatic carbocycles. The third kappa shape index (κ3) is 3.08. The van der Waals surface area contributed by atoms with Crippen molar-refractivity contribution < 1.29 is 4.92 Å². The van der Waals surface area contributed by atoms with Crippen molar-refractivity contribution in [1.29, 1.82) is 0 Å². The predicted octanol–water partition coefficient (Wildman–Crippen LogP) is 3.77. The molecular formula is C16H13N3O2Se. The first-order valence-electron chi connectivity index (χ1n) is 6.68. The van der Waals surface area contributed by atoms with E-state index in [1.807, 2.05) is 30.3 Å². The van der Waals surface area contributed by atoms with Gasteiger partial charge >= 0.3 is 133 Å². The first-order chi connectivity index (χ1) is 10.6. The molecule has 1 aromatic heterocycles. The van der Waals surface area contributed by atoms with E-state index in [1.165, 1.54) is 16.6 Å². The Kier molecular flexibility index (Phi) is 4.04. The molecule has 5 nitrogen and oxygen atoms in total. The number of non-ortho nitro benzene ring substituents is 1. The van der Waals surface area contributed by atoms with Crippen molar-refractivity contribution in [2.45, 2.75) is 6.92 Å². The molecule has 0 bridgehead atoms. The van der Waals surface area contributed by atoms with Crippen molar-refractivity contribution in [1.82, 2.24) is 4.98 Å². The molecular weight excluding hydrogens is 345 g/mol. The molecule has 3 aromatic rings. The average molecular weight is 358 g/mol. The van der Waals surface area contributed by atoms with Crippen LogP contribution < -0.4 is 5.32 Å². The fourth-order valence-electron chi connectivity index (χ4n) is 2.10. The SMILES string of the molecule is Cc1[se]c(Nc2ccc([N+](=O)[O-])cc2)nc1-c1ccccc1. The van der Waals surface area contributed by atoms with Crippen LogP contribution in [0, 0.1) is 17.0 Å². The van der Waals surface area contributed by atoms with Crippen molar-refractivity contribution in [2.24, 2.45) is 0 Å². The van der Waals surface area contributed by atoms with E-state index in [2.05, 4.69) is 17.2 Å². The van der Waals surface area contributed by atoms with E-state index in [0.717, 1.165) is 21.6 Å². The summed E-state index contributed by atoms with van der Waals surface area (Å²) in [6.07, 6.45) is 0. The molecule has 0 amide bonds. The molecule has 0 aliphatic rings. The molecule has 1 N–H and O–H groups in total. The fourth-order valence-corrected chi connectivity index (χ4v) is 3.90. The van der Waals surface area contributed by atoms with Gasteiger partial charge in [0.2, 0.25) is 0 Å². The maximum atomic E-state index is 10.7. The Morgan fingerprint density at radius 3 is 2.41 bits per heavy atom. The predicted molar refractivity (Wildman–Crippen MR) is 87.7 cm³/mol. The Bertz CT molecular complexity index is 798. The quantitative estimate of drug-likeness (QED) is 0.438. The Hall–Kier alpha value is -2.43. The molecule has 0 aliphatic heterocycles. The van der Waals surface area contributed by atoms with Gasteiger partial charge in [-0.05, 0) is 0 Å². The molecule has 6 heteroatoms. The van der Waals surface area contributed by atoms with Crippen LogP contribution in [0.5, 0.6) is 0 Å². The van der Waals surface area contributed by atoms with Gasteiger partial charge in [0.05, 0.1) is 0 Å². The Balaban J connectivity index is 1.83. The van der Waals surface area contributed by atoms with Crippen LogP contribution in [0.1, 0.15) is 4.44 Å². The fraction of sp³-hybridized carbons (Fsp3) is 0.0625. The van der Waals surface area contributed by atoms with Gasteiger partial charge in [0.15, 0.2) is 0 Å². The van der Waals surface area contributed by atoms with E-state index in [4.69, 9.17) is 0 Å². The number of aromatic nitrogens is 1. The molecule has 0 aliphatic carbocycles. The van der Waals surface area contributed by atoms with Gasteiger partial charge in [-0.15, -0.1) is 0 Å². The summed E-state index contributed by atoms with van der Waals surface area (Å²) < 4.78 is 2.18. The van der Waals surface area contributed by atoms with Crippen molar-refractivity contribution >= 4 is 30.6 Å². The summed E-state index contributed by atoms with van der Waals surface area (Å²) in [6, 6.07) is 16.5. The van der Waals surface area contributed by atoms with Gasteiger partial charge in [0.1, 0.15) is 0 Å². The third-order valence-electron chi connectivity index (χ3n) is 3.17. The second kappa shape index (κ2) is 6.13. The van der Waals surface area contributed by atoms with E-state index < -0.39 is 4.92 Å². The summed E-state index contributed by atoms with van der Waals surface area (Å²) in [5.74, 6) is 0. The molecule has 110 valence electrons. The van der Waals surface area contributed by atoms with Crippen LogP contribution in [0.3, 0.4) is 0 Å². The minimum absolute atomic E-state index is 0.0868. The van der Waals surface area contributed by atoms with Gasteiger partial charge in [0, 0.05) is 0 Å². The van der Waals surface area contributed by atoms with Gasteiger partial charge in [-0.3, -0.25) is 0 Å². The van der Waals surface area contributed by atoms with E-state index in [1.54, 1.807) is 12.1 Å². The van der Waals surface area contributed by atoms with Gasteiger partial charge in [0.25, 0.3) is 0 Å². The van der Waals surface area contributed by atoms with Crippen LogP contribution in [-0.2, 0) is 0 Å². The number of benzene rings is 2. The standard InChI is InChI=1S/C16H13N3O2Se/c1-11-15(12-5-3-2-4-6-12)18-16(22-11)17-13-7-9-14(10-8-13)19(20)21/h2-10H,1H3,(H,17,18). The topological polar surface area (TPSA) is 68.1 Å². The van der Waals surface area contributed by atoms with Crippen LogP contribution in [0.15, 0.2) is 54.6 Å². The Morgan fingerprint density at radius 1 is 1.09 bits per heavy atom.